The van der Waals surface area contributed by atoms with Gasteiger partial charge in [-0.05, 0) is 13.0 Å². The third kappa shape index (κ3) is 2.80. The van der Waals surface area contributed by atoms with E-state index in [-0.39, 0.29) is 11.4 Å². The van der Waals surface area contributed by atoms with Crippen LogP contribution in [0.2, 0.25) is 0 Å². The lowest BCUT2D eigenvalue weighted by molar-refractivity contribution is 0.252. The van der Waals surface area contributed by atoms with Gasteiger partial charge in [-0.3, -0.25) is 0 Å². The molecule has 82 valence electrons. The normalized spacial score (nSPS) is 9.80. The Morgan fingerprint density at radius 3 is 2.67 bits per heavy atom. The largest absolute Gasteiger partial charge is 0.396 e. The molecule has 0 aliphatic rings. The third-order valence-corrected chi connectivity index (χ3v) is 1.67. The molecule has 0 radical (unpaired) electrons. The minimum atomic E-state index is -0.868. The Bertz CT molecular complexity index is 382. The number of nitrogens with two attached hydrogens (primary N) is 1. The van der Waals surface area contributed by atoms with E-state index < -0.39 is 17.7 Å². The van der Waals surface area contributed by atoms with Gasteiger partial charge >= 0.3 is 6.03 Å². The fourth-order valence-electron chi connectivity index (χ4n) is 0.989. The number of carbonyl (C=O) groups excluding carboxylic acids is 1. The lowest BCUT2D eigenvalue weighted by Gasteiger charge is -2.08. The quantitative estimate of drug-likeness (QED) is 0.657. The first-order chi connectivity index (χ1) is 7.04. The molecule has 15 heavy (non-hydrogen) atoms. The molecule has 2 amide bonds. The molecule has 0 fully saturated rings. The predicted molar refractivity (Wildman–Crippen MR) is 53.5 cm³/mol. The number of nitrogens with one attached hydrogen (secondary N) is 2. The van der Waals surface area contributed by atoms with Crippen molar-refractivity contribution in [2.75, 3.05) is 17.6 Å². The van der Waals surface area contributed by atoms with Crippen molar-refractivity contribution in [3.63, 3.8) is 0 Å². The Morgan fingerprint density at radius 2 is 2.07 bits per heavy atom. The maximum Gasteiger partial charge on any atom is 0.319 e. The predicted octanol–water partition coefficient (Wildman–Crippen LogP) is 1.69. The van der Waals surface area contributed by atoms with Crippen molar-refractivity contribution in [1.82, 2.24) is 5.32 Å². The van der Waals surface area contributed by atoms with E-state index >= 15 is 0 Å². The van der Waals surface area contributed by atoms with Gasteiger partial charge in [-0.15, -0.1) is 0 Å². The van der Waals surface area contributed by atoms with Crippen LogP contribution in [-0.4, -0.2) is 12.6 Å². The Kier molecular flexibility index (Phi) is 3.43. The standard InChI is InChI=1S/C9H11F2N3O/c1-2-13-9(15)14-8-4-7(12)5(10)3-6(8)11/h3-4H,2,12H2,1H3,(H2,13,14,15). The lowest BCUT2D eigenvalue weighted by atomic mass is 10.2. The Balaban J connectivity index is 2.86. The molecule has 0 aliphatic carbocycles. The van der Waals surface area contributed by atoms with Crippen LogP contribution in [0.3, 0.4) is 0 Å². The van der Waals surface area contributed by atoms with E-state index in [9.17, 15) is 13.6 Å². The molecule has 0 unspecified atom stereocenters. The summed E-state index contributed by atoms with van der Waals surface area (Å²) >= 11 is 0. The van der Waals surface area contributed by atoms with Gasteiger partial charge in [0.2, 0.25) is 0 Å². The Hall–Kier alpha value is -1.85. The van der Waals surface area contributed by atoms with Gasteiger partial charge in [0, 0.05) is 12.6 Å². The van der Waals surface area contributed by atoms with Crippen LogP contribution in [0.25, 0.3) is 0 Å². The molecule has 0 saturated heterocycles. The molecule has 0 aromatic heterocycles. The first-order valence-corrected chi connectivity index (χ1v) is 4.34. The smallest absolute Gasteiger partial charge is 0.319 e. The SMILES string of the molecule is CCNC(=O)Nc1cc(N)c(F)cc1F. The monoisotopic (exact) mass is 215 g/mol. The molecule has 0 heterocycles. The highest BCUT2D eigenvalue weighted by atomic mass is 19.1. The molecule has 1 aromatic carbocycles. The number of halogens is 2. The molecule has 0 spiro atoms. The van der Waals surface area contributed by atoms with E-state index in [1.165, 1.54) is 0 Å². The highest BCUT2D eigenvalue weighted by molar-refractivity contribution is 5.89. The second-order valence-corrected chi connectivity index (χ2v) is 2.84. The minimum absolute atomic E-state index is 0.153. The average molecular weight is 215 g/mol. The van der Waals surface area contributed by atoms with Gasteiger partial charge in [-0.2, -0.15) is 0 Å². The fraction of sp³-hybridized carbons (Fsp3) is 0.222. The van der Waals surface area contributed by atoms with Gasteiger partial charge in [0.25, 0.3) is 0 Å². The lowest BCUT2D eigenvalue weighted by Crippen LogP contribution is -2.28. The molecule has 6 heteroatoms. The molecule has 4 N–H and O–H groups in total. The number of hydrogen-bond donors (Lipinski definition) is 3. The molecule has 0 atom stereocenters. The highest BCUT2D eigenvalue weighted by Crippen LogP contribution is 2.20. The fourth-order valence-corrected chi connectivity index (χ4v) is 0.989. The number of carbonyl (C=O) groups is 1. The molecule has 1 aromatic rings. The van der Waals surface area contributed by atoms with E-state index in [0.717, 1.165) is 6.07 Å². The third-order valence-electron chi connectivity index (χ3n) is 1.67. The number of urea groups is 1. The molecule has 0 bridgehead atoms. The molecule has 0 aliphatic heterocycles. The zero-order valence-electron chi connectivity index (χ0n) is 8.10. The molecular formula is C9H11F2N3O. The summed E-state index contributed by atoms with van der Waals surface area (Å²) in [6.07, 6.45) is 0. The van der Waals surface area contributed by atoms with E-state index in [0.29, 0.717) is 12.6 Å². The molecular weight excluding hydrogens is 204 g/mol. The van der Waals surface area contributed by atoms with Gasteiger partial charge in [-0.25, -0.2) is 13.6 Å². The van der Waals surface area contributed by atoms with Crippen LogP contribution in [0.5, 0.6) is 0 Å². The number of benzene rings is 1. The zero-order chi connectivity index (χ0) is 11.4. The first kappa shape index (κ1) is 11.2. The number of nitrogen functional groups attached to an aromatic ring is 1. The van der Waals surface area contributed by atoms with Gasteiger partial charge < -0.3 is 16.4 Å². The molecule has 4 nitrogen and oxygen atoms in total. The Labute approximate surface area is 85.5 Å². The van der Waals surface area contributed by atoms with Crippen molar-refractivity contribution in [2.24, 2.45) is 0 Å². The second-order valence-electron chi connectivity index (χ2n) is 2.84. The van der Waals surface area contributed by atoms with E-state index in [1.54, 1.807) is 6.92 Å². The Morgan fingerprint density at radius 1 is 1.40 bits per heavy atom. The second kappa shape index (κ2) is 4.59. The van der Waals surface area contributed by atoms with Gasteiger partial charge in [0.05, 0.1) is 11.4 Å². The van der Waals surface area contributed by atoms with Crippen LogP contribution < -0.4 is 16.4 Å². The van der Waals surface area contributed by atoms with Crippen molar-refractivity contribution >= 4 is 17.4 Å². The van der Waals surface area contributed by atoms with Crippen LogP contribution in [0.1, 0.15) is 6.92 Å². The van der Waals surface area contributed by atoms with Gasteiger partial charge in [0.1, 0.15) is 11.6 Å². The van der Waals surface area contributed by atoms with Crippen LogP contribution in [0, 0.1) is 11.6 Å². The summed E-state index contributed by atoms with van der Waals surface area (Å²) in [6.45, 7) is 2.12. The van der Waals surface area contributed by atoms with E-state index in [2.05, 4.69) is 10.6 Å². The molecule has 0 saturated carbocycles. The van der Waals surface area contributed by atoms with E-state index in [1.807, 2.05) is 0 Å². The van der Waals surface area contributed by atoms with Crippen LogP contribution in [0.15, 0.2) is 12.1 Å². The molecule has 1 rings (SSSR count). The van der Waals surface area contributed by atoms with E-state index in [4.69, 9.17) is 5.73 Å². The topological polar surface area (TPSA) is 67.2 Å². The summed E-state index contributed by atoms with van der Waals surface area (Å²) in [5.74, 6) is -1.72. The van der Waals surface area contributed by atoms with Crippen LogP contribution >= 0.6 is 0 Å². The first-order valence-electron chi connectivity index (χ1n) is 4.34. The van der Waals surface area contributed by atoms with Gasteiger partial charge in [0.15, 0.2) is 0 Å². The summed E-state index contributed by atoms with van der Waals surface area (Å²) in [5.41, 5.74) is 4.85. The summed E-state index contributed by atoms with van der Waals surface area (Å²) in [5, 5.41) is 4.61. The van der Waals surface area contributed by atoms with Crippen molar-refractivity contribution in [1.29, 1.82) is 0 Å². The summed E-state index contributed by atoms with van der Waals surface area (Å²) in [4.78, 5) is 11.0. The number of anilines is 2. The zero-order valence-corrected chi connectivity index (χ0v) is 8.10. The van der Waals surface area contributed by atoms with Crippen molar-refractivity contribution in [2.45, 2.75) is 6.92 Å². The average Bonchev–Trinajstić information content (AvgIpc) is 2.14. The van der Waals surface area contributed by atoms with Crippen LogP contribution in [0.4, 0.5) is 25.0 Å². The maximum absolute atomic E-state index is 13.1. The highest BCUT2D eigenvalue weighted by Gasteiger charge is 2.09. The number of hydrogen-bond acceptors (Lipinski definition) is 2. The van der Waals surface area contributed by atoms with Crippen molar-refractivity contribution < 1.29 is 13.6 Å². The summed E-state index contributed by atoms with van der Waals surface area (Å²) in [7, 11) is 0. The van der Waals surface area contributed by atoms with Crippen LogP contribution in [-0.2, 0) is 0 Å². The minimum Gasteiger partial charge on any atom is -0.396 e. The summed E-state index contributed by atoms with van der Waals surface area (Å²) < 4.78 is 25.8. The number of amides is 2. The maximum atomic E-state index is 13.1. The van der Waals surface area contributed by atoms with Gasteiger partial charge in [-0.1, -0.05) is 0 Å². The number of rotatable bonds is 2. The van der Waals surface area contributed by atoms with Crippen molar-refractivity contribution in [3.8, 4) is 0 Å². The summed E-state index contributed by atoms with van der Waals surface area (Å²) in [6, 6.07) is 1.08. The van der Waals surface area contributed by atoms with Crippen molar-refractivity contribution in [3.05, 3.63) is 23.8 Å².